The average molecular weight is 1080 g/mol. The maximum atomic E-state index is 13.4. The van der Waals surface area contributed by atoms with Gasteiger partial charge >= 0.3 is 18.3 Å². The zero-order valence-corrected chi connectivity index (χ0v) is 43.7. The first-order chi connectivity index (χ1) is 36.4. The first kappa shape index (κ1) is 59.3. The largest absolute Gasteiger partial charge is 0.445 e. The lowest BCUT2D eigenvalue weighted by Gasteiger charge is -2.46. The molecule has 76 heavy (non-hydrogen) atoms. The lowest BCUT2D eigenvalue weighted by molar-refractivity contribution is -0.297. The molecule has 4 saturated heterocycles. The van der Waals surface area contributed by atoms with Crippen LogP contribution in [0.1, 0.15) is 71.4 Å². The second-order valence-electron chi connectivity index (χ2n) is 21.1. The van der Waals surface area contributed by atoms with Crippen molar-refractivity contribution in [1.82, 2.24) is 21.3 Å². The van der Waals surface area contributed by atoms with Gasteiger partial charge in [0.25, 0.3) is 0 Å². The molecule has 5 fully saturated rings. The van der Waals surface area contributed by atoms with E-state index in [-0.39, 0.29) is 64.1 Å². The summed E-state index contributed by atoms with van der Waals surface area (Å²) in [5.74, 6) is -0.618. The Morgan fingerprint density at radius 2 is 1.29 bits per heavy atom. The number of hydrogen-bond donors (Lipinski definition) is 11. The summed E-state index contributed by atoms with van der Waals surface area (Å²) in [6, 6.07) is 15.6. The SMILES string of the molecule is CCC1CC(C)C(OC2OC(CNCC(O)CCNC(=O)OC(C)(C)C)C3OC3C2NC(=O)OCc2ccccc2)C(OC2OC(CCO)C(OC3OC(CN)C(O)C(O)C3NC(=O)OCc3ccccc3)C2O)C1O. The Morgan fingerprint density at radius 1 is 0.711 bits per heavy atom. The van der Waals surface area contributed by atoms with Crippen molar-refractivity contribution in [3.05, 3.63) is 71.8 Å². The number of amides is 3. The van der Waals surface area contributed by atoms with Crippen LogP contribution in [0.2, 0.25) is 0 Å². The number of aliphatic hydroxyl groups is 6. The number of nitrogens with two attached hydrogens (primary N) is 1. The fourth-order valence-corrected chi connectivity index (χ4v) is 10.1. The van der Waals surface area contributed by atoms with Gasteiger partial charge in [0.15, 0.2) is 18.9 Å². The summed E-state index contributed by atoms with van der Waals surface area (Å²) >= 11 is 0. The molecule has 4 heterocycles. The van der Waals surface area contributed by atoms with Crippen LogP contribution in [0.15, 0.2) is 60.7 Å². The molecule has 426 valence electrons. The molecule has 1 aliphatic carbocycles. The molecule has 2 aromatic rings. The van der Waals surface area contributed by atoms with Crippen LogP contribution in [0.25, 0.3) is 0 Å². The third-order valence-corrected chi connectivity index (χ3v) is 14.2. The molecule has 5 aliphatic rings. The van der Waals surface area contributed by atoms with Gasteiger partial charge in [-0.2, -0.15) is 0 Å². The Balaban J connectivity index is 1.06. The Bertz CT molecular complexity index is 2120. The van der Waals surface area contributed by atoms with Gasteiger partial charge in [0.2, 0.25) is 0 Å². The molecule has 3 amide bonds. The van der Waals surface area contributed by atoms with Crippen molar-refractivity contribution in [2.75, 3.05) is 32.8 Å². The van der Waals surface area contributed by atoms with Crippen LogP contribution < -0.4 is 27.0 Å². The number of epoxide rings is 1. The van der Waals surface area contributed by atoms with E-state index in [1.165, 1.54) is 0 Å². The van der Waals surface area contributed by atoms with Gasteiger partial charge in [0.05, 0.1) is 24.4 Å². The third kappa shape index (κ3) is 15.9. The lowest BCUT2D eigenvalue weighted by atomic mass is 9.75. The zero-order valence-electron chi connectivity index (χ0n) is 43.7. The minimum Gasteiger partial charge on any atom is -0.445 e. The van der Waals surface area contributed by atoms with E-state index >= 15 is 0 Å². The minimum absolute atomic E-state index is 0.0176. The van der Waals surface area contributed by atoms with Gasteiger partial charge in [-0.15, -0.1) is 0 Å². The molecule has 7 rings (SSSR count). The van der Waals surface area contributed by atoms with Gasteiger partial charge in [0.1, 0.15) is 85.8 Å². The molecular weight excluding hydrogens is 999 g/mol. The predicted molar refractivity (Wildman–Crippen MR) is 266 cm³/mol. The monoisotopic (exact) mass is 1080 g/mol. The highest BCUT2D eigenvalue weighted by molar-refractivity contribution is 5.68. The van der Waals surface area contributed by atoms with Crippen molar-refractivity contribution in [2.24, 2.45) is 17.6 Å². The fraction of sp³-hybridized carbons (Fsp3) is 0.712. The molecule has 12 N–H and O–H groups in total. The topological polar surface area (TPSA) is 342 Å². The number of alkyl carbamates (subject to hydrolysis) is 3. The van der Waals surface area contributed by atoms with Crippen molar-refractivity contribution >= 4 is 18.3 Å². The van der Waals surface area contributed by atoms with Crippen molar-refractivity contribution in [2.45, 2.75) is 189 Å². The summed E-state index contributed by atoms with van der Waals surface area (Å²) in [6.07, 6.45) is -19.8. The molecule has 24 nitrogen and oxygen atoms in total. The van der Waals surface area contributed by atoms with Gasteiger partial charge in [-0.25, -0.2) is 14.4 Å². The smallest absolute Gasteiger partial charge is 0.407 e. The maximum Gasteiger partial charge on any atom is 0.407 e. The molecule has 1 saturated carbocycles. The van der Waals surface area contributed by atoms with Gasteiger partial charge in [0, 0.05) is 32.8 Å². The highest BCUT2D eigenvalue weighted by Gasteiger charge is 2.60. The number of ether oxygens (including phenoxy) is 10. The number of aliphatic hydroxyl groups excluding tert-OH is 6. The molecule has 0 radical (unpaired) electrons. The van der Waals surface area contributed by atoms with Crippen LogP contribution in [0, 0.1) is 11.8 Å². The molecule has 20 atom stereocenters. The summed E-state index contributed by atoms with van der Waals surface area (Å²) in [6.45, 7) is 8.80. The lowest BCUT2D eigenvalue weighted by Crippen LogP contribution is -2.66. The summed E-state index contributed by atoms with van der Waals surface area (Å²) < 4.78 is 60.9. The van der Waals surface area contributed by atoms with Gasteiger partial charge in [-0.1, -0.05) is 80.9 Å². The van der Waals surface area contributed by atoms with E-state index < -0.39 is 141 Å². The van der Waals surface area contributed by atoms with Gasteiger partial charge < -0.3 is 105 Å². The number of carbonyl (C=O) groups is 3. The Morgan fingerprint density at radius 3 is 1.89 bits per heavy atom. The zero-order chi connectivity index (χ0) is 54.7. The van der Waals surface area contributed by atoms with Crippen LogP contribution >= 0.6 is 0 Å². The normalized spacial score (nSPS) is 35.6. The maximum absolute atomic E-state index is 13.4. The Labute approximate surface area is 442 Å². The molecule has 24 heteroatoms. The number of nitrogens with one attached hydrogen (secondary N) is 4. The Hall–Kier alpha value is -4.35. The average Bonchev–Trinajstić information content (AvgIpc) is 4.18. The van der Waals surface area contributed by atoms with E-state index in [4.69, 9.17) is 53.1 Å². The standard InChI is InChI=1S/C52H79N5O19/c1-6-30-21-27(2)41(73-47-36(57-51(66)68-26-29-15-11-8-12-16-29)44-43(72-44)34(71-47)24-54-23-31(59)17-19-55-49(64)76-52(3,4)5)45(37(30)60)75-48-40(63)42(32(69-48)18-20-58)74-46-35(39(62)38(61)33(22-53)70-46)56-50(65)67-25-28-13-9-7-10-14-28/h7-16,27,30-48,54,58-63H,6,17-26,53H2,1-5H3,(H,55,64)(H,56,65)(H,57,66). The molecule has 2 aromatic carbocycles. The van der Waals surface area contributed by atoms with Crippen molar-refractivity contribution in [3.63, 3.8) is 0 Å². The summed E-state index contributed by atoms with van der Waals surface area (Å²) in [5, 5.41) is 78.4. The molecule has 0 aromatic heterocycles. The Kier molecular flexibility index (Phi) is 21.5. The molecule has 0 spiro atoms. The highest BCUT2D eigenvalue weighted by atomic mass is 16.8. The predicted octanol–water partition coefficient (Wildman–Crippen LogP) is 0.390. The molecule has 20 unspecified atom stereocenters. The fourth-order valence-electron chi connectivity index (χ4n) is 10.1. The quantitative estimate of drug-likeness (QED) is 0.0530. The molecular formula is C52H79N5O19. The molecule has 4 aliphatic heterocycles. The number of carbonyl (C=O) groups excluding carboxylic acids is 3. The van der Waals surface area contributed by atoms with Crippen molar-refractivity contribution < 1.29 is 92.4 Å². The van der Waals surface area contributed by atoms with Crippen LogP contribution in [0.4, 0.5) is 14.4 Å². The third-order valence-electron chi connectivity index (χ3n) is 14.2. The first-order valence-corrected chi connectivity index (χ1v) is 26.3. The van der Waals surface area contributed by atoms with Crippen molar-refractivity contribution in [1.29, 1.82) is 0 Å². The number of benzene rings is 2. The van der Waals surface area contributed by atoms with E-state index in [0.717, 1.165) is 5.56 Å². The first-order valence-electron chi connectivity index (χ1n) is 26.3. The van der Waals surface area contributed by atoms with E-state index in [1.807, 2.05) is 44.2 Å². The van der Waals surface area contributed by atoms with Gasteiger partial charge in [-0.05, 0) is 63.0 Å². The van der Waals surface area contributed by atoms with E-state index in [9.17, 15) is 45.0 Å². The second-order valence-corrected chi connectivity index (χ2v) is 21.1. The molecule has 0 bridgehead atoms. The number of rotatable bonds is 23. The number of hydrogen-bond acceptors (Lipinski definition) is 21. The van der Waals surface area contributed by atoms with Crippen molar-refractivity contribution in [3.8, 4) is 0 Å². The van der Waals surface area contributed by atoms with Gasteiger partial charge in [-0.3, -0.25) is 0 Å². The minimum atomic E-state index is -1.67. The van der Waals surface area contributed by atoms with Crippen LogP contribution in [-0.2, 0) is 60.6 Å². The number of fused-ring (bicyclic) bond motifs is 1. The van der Waals surface area contributed by atoms with Crippen LogP contribution in [0.5, 0.6) is 0 Å². The van der Waals surface area contributed by atoms with E-state index in [2.05, 4.69) is 21.3 Å². The van der Waals surface area contributed by atoms with Crippen LogP contribution in [0.3, 0.4) is 0 Å². The summed E-state index contributed by atoms with van der Waals surface area (Å²) in [4.78, 5) is 38.7. The second kappa shape index (κ2) is 27.5. The summed E-state index contributed by atoms with van der Waals surface area (Å²) in [5.41, 5.74) is 6.68. The van der Waals surface area contributed by atoms with E-state index in [0.29, 0.717) is 18.4 Å². The highest BCUT2D eigenvalue weighted by Crippen LogP contribution is 2.43. The van der Waals surface area contributed by atoms with Crippen LogP contribution in [-0.4, -0.2) is 198 Å². The van der Waals surface area contributed by atoms with E-state index in [1.54, 1.807) is 51.1 Å². The summed E-state index contributed by atoms with van der Waals surface area (Å²) in [7, 11) is 0.